The molecule has 5 heteroatoms. The number of hydrogen-bond acceptors (Lipinski definition) is 3. The quantitative estimate of drug-likeness (QED) is 0.780. The minimum Gasteiger partial charge on any atom is -0.444 e. The van der Waals surface area contributed by atoms with Crippen molar-refractivity contribution < 1.29 is 9.53 Å². The lowest BCUT2D eigenvalue weighted by atomic mass is 10.2. The van der Waals surface area contributed by atoms with Crippen molar-refractivity contribution in [1.29, 1.82) is 0 Å². The molecule has 0 unspecified atom stereocenters. The van der Waals surface area contributed by atoms with E-state index in [0.29, 0.717) is 27.1 Å². The van der Waals surface area contributed by atoms with Crippen molar-refractivity contribution in [2.45, 2.75) is 6.92 Å². The smallest absolute Gasteiger partial charge is 0.260 e. The Kier molecular flexibility index (Phi) is 2.34. The first kappa shape index (κ1) is 10.6. The molecular weight excluding hydrogens is 258 g/mol. The summed E-state index contributed by atoms with van der Waals surface area (Å²) in [6.45, 7) is 1.94. The summed E-state index contributed by atoms with van der Waals surface area (Å²) in [7, 11) is 0. The van der Waals surface area contributed by atoms with Crippen LogP contribution in [0.2, 0.25) is 5.02 Å². The Bertz CT molecular complexity index is 621. The first-order valence-corrected chi connectivity index (χ1v) is 6.22. The summed E-state index contributed by atoms with van der Waals surface area (Å²) in [6.07, 6.45) is 0. The molecule has 1 aromatic heterocycles. The lowest BCUT2D eigenvalue weighted by molar-refractivity contribution is 0.102. The molecular formula is C12H8ClNO2S. The predicted molar refractivity (Wildman–Crippen MR) is 68.5 cm³/mol. The highest BCUT2D eigenvalue weighted by atomic mass is 35.5. The van der Waals surface area contributed by atoms with E-state index in [1.165, 1.54) is 11.3 Å². The summed E-state index contributed by atoms with van der Waals surface area (Å²) >= 11 is 7.34. The number of fused-ring (bicyclic) bond motifs is 2. The van der Waals surface area contributed by atoms with Crippen LogP contribution in [0, 0.1) is 6.92 Å². The second kappa shape index (κ2) is 3.75. The molecule has 0 fully saturated rings. The molecule has 1 aromatic carbocycles. The molecule has 0 bridgehead atoms. The van der Waals surface area contributed by atoms with E-state index in [4.69, 9.17) is 16.3 Å². The first-order chi connectivity index (χ1) is 8.13. The third kappa shape index (κ3) is 1.79. The predicted octanol–water partition coefficient (Wildman–Crippen LogP) is 4.07. The monoisotopic (exact) mass is 265 g/mol. The van der Waals surface area contributed by atoms with Gasteiger partial charge in [-0.15, -0.1) is 11.3 Å². The topological polar surface area (TPSA) is 38.3 Å². The normalized spacial score (nSPS) is 13.2. The van der Waals surface area contributed by atoms with Crippen molar-refractivity contribution in [3.63, 3.8) is 0 Å². The van der Waals surface area contributed by atoms with Crippen LogP contribution < -0.4 is 10.1 Å². The number of aryl methyl sites for hydroxylation is 1. The maximum absolute atomic E-state index is 12.0. The second-order valence-corrected chi connectivity index (χ2v) is 5.41. The molecule has 3 nitrogen and oxygen atoms in total. The second-order valence-electron chi connectivity index (χ2n) is 3.75. The highest BCUT2D eigenvalue weighted by molar-refractivity contribution is 7.14. The molecule has 1 amide bonds. The number of carbonyl (C=O) groups excluding carboxylic acids is 1. The van der Waals surface area contributed by atoms with Gasteiger partial charge in [-0.25, -0.2) is 0 Å². The maximum atomic E-state index is 12.0. The van der Waals surface area contributed by atoms with Crippen molar-refractivity contribution in [3.05, 3.63) is 39.7 Å². The first-order valence-electron chi connectivity index (χ1n) is 5.02. The van der Waals surface area contributed by atoms with Gasteiger partial charge in [0.15, 0.2) is 10.8 Å². The zero-order chi connectivity index (χ0) is 12.0. The molecule has 0 spiro atoms. The van der Waals surface area contributed by atoms with Crippen LogP contribution in [-0.2, 0) is 0 Å². The minimum absolute atomic E-state index is 0.162. The van der Waals surface area contributed by atoms with Gasteiger partial charge in [-0.1, -0.05) is 11.6 Å². The van der Waals surface area contributed by atoms with Gasteiger partial charge in [-0.3, -0.25) is 4.79 Å². The van der Waals surface area contributed by atoms with Crippen molar-refractivity contribution in [3.8, 4) is 10.8 Å². The van der Waals surface area contributed by atoms with Crippen LogP contribution in [0.3, 0.4) is 0 Å². The van der Waals surface area contributed by atoms with Crippen LogP contribution in [0.1, 0.15) is 15.2 Å². The molecule has 86 valence electrons. The number of benzene rings is 1. The van der Waals surface area contributed by atoms with Gasteiger partial charge in [0.2, 0.25) is 0 Å². The Morgan fingerprint density at radius 2 is 2.18 bits per heavy atom. The van der Waals surface area contributed by atoms with E-state index in [1.807, 2.05) is 13.0 Å². The number of halogens is 1. The van der Waals surface area contributed by atoms with E-state index in [-0.39, 0.29) is 5.91 Å². The summed E-state index contributed by atoms with van der Waals surface area (Å²) in [5.74, 6) is 0.453. The number of ether oxygens (including phenoxy) is 1. The zero-order valence-electron chi connectivity index (χ0n) is 8.91. The standard InChI is InChI=1S/C12H8ClNO2S/c1-6-4-8-11(15)14-9-5-7(13)2-3-10(9)16-12(8)17-6/h2-5H,1H3,(H,14,15). The van der Waals surface area contributed by atoms with Crippen LogP contribution in [0.15, 0.2) is 24.3 Å². The molecule has 0 saturated carbocycles. The van der Waals surface area contributed by atoms with Gasteiger partial charge >= 0.3 is 0 Å². The average Bonchev–Trinajstić information content (AvgIpc) is 2.58. The van der Waals surface area contributed by atoms with Gasteiger partial charge < -0.3 is 10.1 Å². The molecule has 0 aliphatic carbocycles. The van der Waals surface area contributed by atoms with E-state index >= 15 is 0 Å². The van der Waals surface area contributed by atoms with Crippen molar-refractivity contribution in [2.24, 2.45) is 0 Å². The largest absolute Gasteiger partial charge is 0.444 e. The van der Waals surface area contributed by atoms with Gasteiger partial charge in [0.05, 0.1) is 11.3 Å². The molecule has 3 rings (SSSR count). The lowest BCUT2D eigenvalue weighted by Gasteiger charge is -2.06. The highest BCUT2D eigenvalue weighted by Crippen LogP contribution is 2.41. The summed E-state index contributed by atoms with van der Waals surface area (Å²) in [5.41, 5.74) is 1.17. The van der Waals surface area contributed by atoms with Crippen molar-refractivity contribution in [1.82, 2.24) is 0 Å². The number of nitrogens with one attached hydrogen (secondary N) is 1. The fourth-order valence-electron chi connectivity index (χ4n) is 1.71. The third-order valence-corrected chi connectivity index (χ3v) is 3.62. The Morgan fingerprint density at radius 1 is 1.35 bits per heavy atom. The molecule has 0 saturated heterocycles. The number of carbonyl (C=O) groups is 1. The molecule has 0 radical (unpaired) electrons. The Labute approximate surface area is 107 Å². The third-order valence-electron chi connectivity index (χ3n) is 2.46. The van der Waals surface area contributed by atoms with E-state index in [0.717, 1.165) is 4.88 Å². The number of thiophene rings is 1. The fraction of sp³-hybridized carbons (Fsp3) is 0.0833. The Hall–Kier alpha value is -1.52. The van der Waals surface area contributed by atoms with Crippen LogP contribution >= 0.6 is 22.9 Å². The van der Waals surface area contributed by atoms with Crippen LogP contribution in [-0.4, -0.2) is 5.91 Å². The van der Waals surface area contributed by atoms with Crippen LogP contribution in [0.5, 0.6) is 10.8 Å². The van der Waals surface area contributed by atoms with Crippen molar-refractivity contribution in [2.75, 3.05) is 5.32 Å². The minimum atomic E-state index is -0.162. The van der Waals surface area contributed by atoms with Gasteiger partial charge in [-0.05, 0) is 31.2 Å². The lowest BCUT2D eigenvalue weighted by Crippen LogP contribution is -2.09. The SMILES string of the molecule is Cc1cc2c(s1)Oc1ccc(Cl)cc1NC2=O. The van der Waals surface area contributed by atoms with Crippen LogP contribution in [0.25, 0.3) is 0 Å². The van der Waals surface area contributed by atoms with E-state index in [9.17, 15) is 4.79 Å². The molecule has 1 N–H and O–H groups in total. The summed E-state index contributed by atoms with van der Waals surface area (Å²) < 4.78 is 5.73. The number of hydrogen-bond donors (Lipinski definition) is 1. The Morgan fingerprint density at radius 3 is 3.00 bits per heavy atom. The number of amides is 1. The van der Waals surface area contributed by atoms with Crippen LogP contribution in [0.4, 0.5) is 5.69 Å². The highest BCUT2D eigenvalue weighted by Gasteiger charge is 2.23. The molecule has 2 heterocycles. The van der Waals surface area contributed by atoms with E-state index < -0.39 is 0 Å². The molecule has 17 heavy (non-hydrogen) atoms. The Balaban J connectivity index is 2.15. The van der Waals surface area contributed by atoms with E-state index in [1.54, 1.807) is 18.2 Å². The van der Waals surface area contributed by atoms with Gasteiger partial charge in [0.1, 0.15) is 0 Å². The number of anilines is 1. The summed E-state index contributed by atoms with van der Waals surface area (Å²) in [6, 6.07) is 6.99. The van der Waals surface area contributed by atoms with Gasteiger partial charge in [-0.2, -0.15) is 0 Å². The molecule has 2 aromatic rings. The maximum Gasteiger partial charge on any atom is 0.260 e. The fourth-order valence-corrected chi connectivity index (χ4v) is 2.74. The van der Waals surface area contributed by atoms with E-state index in [2.05, 4.69) is 5.32 Å². The van der Waals surface area contributed by atoms with Gasteiger partial charge in [0.25, 0.3) is 5.91 Å². The van der Waals surface area contributed by atoms with Crippen molar-refractivity contribution >= 4 is 34.5 Å². The number of rotatable bonds is 0. The average molecular weight is 266 g/mol. The summed E-state index contributed by atoms with van der Waals surface area (Å²) in [5, 5.41) is 3.98. The summed E-state index contributed by atoms with van der Waals surface area (Å²) in [4.78, 5) is 13.0. The van der Waals surface area contributed by atoms with Gasteiger partial charge in [0, 0.05) is 9.90 Å². The molecule has 0 atom stereocenters. The molecule has 1 aliphatic rings. The molecule has 1 aliphatic heterocycles. The zero-order valence-corrected chi connectivity index (χ0v) is 10.5.